The summed E-state index contributed by atoms with van der Waals surface area (Å²) in [5.74, 6) is 0.307. The molecule has 5 heteroatoms. The second kappa shape index (κ2) is 4.63. The molecule has 1 aromatic heterocycles. The van der Waals surface area contributed by atoms with Crippen LogP contribution in [-0.4, -0.2) is 27.9 Å². The fourth-order valence-corrected chi connectivity index (χ4v) is 4.22. The number of fused-ring (bicyclic) bond motifs is 1. The van der Waals surface area contributed by atoms with Gasteiger partial charge in [0.15, 0.2) is 0 Å². The lowest BCUT2D eigenvalue weighted by Crippen LogP contribution is -2.37. The number of hydrogen-bond acceptors (Lipinski definition) is 3. The maximum absolute atomic E-state index is 14.0. The number of aromatic nitrogens is 1. The molecule has 2 heterocycles. The Morgan fingerprint density at radius 2 is 2.19 bits per heavy atom. The zero-order chi connectivity index (χ0) is 14.6. The summed E-state index contributed by atoms with van der Waals surface area (Å²) in [6.45, 7) is 2.08. The molecule has 1 saturated carbocycles. The highest BCUT2D eigenvalue weighted by atomic mass is 32.1. The van der Waals surface area contributed by atoms with E-state index >= 15 is 0 Å². The minimum atomic E-state index is -0.311. The van der Waals surface area contributed by atoms with Gasteiger partial charge in [-0.05, 0) is 31.7 Å². The zero-order valence-electron chi connectivity index (χ0n) is 11.6. The van der Waals surface area contributed by atoms with Gasteiger partial charge in [-0.15, -0.1) is 11.3 Å². The largest absolute Gasteiger partial charge is 0.331 e. The summed E-state index contributed by atoms with van der Waals surface area (Å²) in [7, 11) is 0. The summed E-state index contributed by atoms with van der Waals surface area (Å²) in [5.41, 5.74) is 2.48. The van der Waals surface area contributed by atoms with Crippen LogP contribution in [0.25, 0.3) is 10.4 Å². The second-order valence-corrected chi connectivity index (χ2v) is 6.72. The lowest BCUT2D eigenvalue weighted by atomic mass is 10.1. The number of halogens is 1. The average molecular weight is 302 g/mol. The van der Waals surface area contributed by atoms with Crippen molar-refractivity contribution in [2.24, 2.45) is 5.92 Å². The molecule has 0 spiro atoms. The maximum atomic E-state index is 14.0. The predicted octanol–water partition coefficient (Wildman–Crippen LogP) is 3.57. The fraction of sp³-hybridized carbons (Fsp3) is 0.375. The summed E-state index contributed by atoms with van der Waals surface area (Å²) in [6, 6.07) is 7.19. The number of nitrogens with zero attached hydrogens (tertiary/aromatic N) is 2. The first kappa shape index (κ1) is 13.0. The van der Waals surface area contributed by atoms with E-state index in [4.69, 9.17) is 0 Å². The normalized spacial score (nSPS) is 26.8. The molecular formula is C16H15FN2OS. The Bertz CT molecular complexity index is 712. The first-order valence-corrected chi connectivity index (χ1v) is 8.06. The van der Waals surface area contributed by atoms with Crippen LogP contribution in [0.3, 0.4) is 0 Å². The Labute approximate surface area is 126 Å². The lowest BCUT2D eigenvalue weighted by Gasteiger charge is -2.24. The van der Waals surface area contributed by atoms with Crippen molar-refractivity contribution in [2.75, 3.05) is 0 Å². The molecule has 1 aromatic carbocycles. The van der Waals surface area contributed by atoms with Gasteiger partial charge in [0.05, 0.1) is 10.4 Å². The Morgan fingerprint density at radius 3 is 2.90 bits per heavy atom. The van der Waals surface area contributed by atoms with Crippen LogP contribution in [-0.2, 0) is 0 Å². The van der Waals surface area contributed by atoms with Crippen molar-refractivity contribution in [3.05, 3.63) is 41.3 Å². The number of amides is 1. The van der Waals surface area contributed by atoms with E-state index in [1.165, 1.54) is 17.4 Å². The van der Waals surface area contributed by atoms with Crippen LogP contribution in [0.4, 0.5) is 4.39 Å². The molecule has 0 unspecified atom stereocenters. The van der Waals surface area contributed by atoms with Gasteiger partial charge in [-0.3, -0.25) is 4.79 Å². The predicted molar refractivity (Wildman–Crippen MR) is 79.7 cm³/mol. The first-order valence-electron chi connectivity index (χ1n) is 7.18. The molecule has 2 fully saturated rings. The number of likely N-dealkylation sites (tertiary alicyclic amines) is 1. The van der Waals surface area contributed by atoms with E-state index in [1.807, 2.05) is 4.90 Å². The van der Waals surface area contributed by atoms with Crippen molar-refractivity contribution in [1.82, 2.24) is 9.88 Å². The third-order valence-electron chi connectivity index (χ3n) is 4.48. The molecule has 4 rings (SSSR count). The molecule has 0 radical (unpaired) electrons. The van der Waals surface area contributed by atoms with E-state index in [0.29, 0.717) is 28.1 Å². The maximum Gasteiger partial charge on any atom is 0.274 e. The van der Waals surface area contributed by atoms with Crippen molar-refractivity contribution in [2.45, 2.75) is 31.8 Å². The van der Waals surface area contributed by atoms with E-state index in [2.05, 4.69) is 11.9 Å². The fourth-order valence-electron chi connectivity index (χ4n) is 3.41. The Hall–Kier alpha value is -1.75. The topological polar surface area (TPSA) is 33.2 Å². The van der Waals surface area contributed by atoms with Crippen LogP contribution < -0.4 is 0 Å². The molecule has 3 nitrogen and oxygen atoms in total. The lowest BCUT2D eigenvalue weighted by molar-refractivity contribution is 0.0709. The highest BCUT2D eigenvalue weighted by Gasteiger charge is 2.53. The van der Waals surface area contributed by atoms with Gasteiger partial charge in [-0.2, -0.15) is 0 Å². The van der Waals surface area contributed by atoms with Gasteiger partial charge < -0.3 is 4.90 Å². The van der Waals surface area contributed by atoms with Gasteiger partial charge in [0, 0.05) is 17.6 Å². The molecule has 3 atom stereocenters. The van der Waals surface area contributed by atoms with Gasteiger partial charge in [0.25, 0.3) is 5.91 Å². The summed E-state index contributed by atoms with van der Waals surface area (Å²) >= 11 is 1.32. The minimum Gasteiger partial charge on any atom is -0.331 e. The zero-order valence-corrected chi connectivity index (χ0v) is 12.4. The molecule has 1 aliphatic carbocycles. The number of hydrogen-bond donors (Lipinski definition) is 0. The Kier molecular flexibility index (Phi) is 2.85. The van der Waals surface area contributed by atoms with E-state index in [0.717, 1.165) is 12.8 Å². The van der Waals surface area contributed by atoms with Crippen LogP contribution in [0.5, 0.6) is 0 Å². The molecule has 2 aromatic rings. The van der Waals surface area contributed by atoms with E-state index in [1.54, 1.807) is 23.7 Å². The van der Waals surface area contributed by atoms with E-state index in [9.17, 15) is 9.18 Å². The Balaban J connectivity index is 1.72. The number of benzene rings is 1. The molecule has 1 saturated heterocycles. The molecular weight excluding hydrogens is 287 g/mol. The summed E-state index contributed by atoms with van der Waals surface area (Å²) < 4.78 is 14.0. The van der Waals surface area contributed by atoms with Gasteiger partial charge in [-0.25, -0.2) is 9.37 Å². The van der Waals surface area contributed by atoms with Crippen LogP contribution in [0, 0.1) is 11.7 Å². The van der Waals surface area contributed by atoms with Crippen molar-refractivity contribution in [3.63, 3.8) is 0 Å². The minimum absolute atomic E-state index is 0.0491. The van der Waals surface area contributed by atoms with Crippen LogP contribution in [0.15, 0.2) is 29.8 Å². The molecule has 0 bridgehead atoms. The van der Waals surface area contributed by atoms with Crippen LogP contribution in [0.2, 0.25) is 0 Å². The molecule has 1 amide bonds. The molecule has 1 aliphatic heterocycles. The number of rotatable bonds is 2. The highest BCUT2D eigenvalue weighted by Crippen LogP contribution is 2.48. The Morgan fingerprint density at radius 1 is 1.38 bits per heavy atom. The summed E-state index contributed by atoms with van der Waals surface area (Å²) in [5, 5.41) is 0. The third kappa shape index (κ3) is 1.99. The smallest absolute Gasteiger partial charge is 0.274 e. The molecule has 0 N–H and O–H groups in total. The number of carbonyl (C=O) groups excluding carboxylic acids is 1. The molecule has 2 aliphatic rings. The van der Waals surface area contributed by atoms with Gasteiger partial charge in [0.1, 0.15) is 11.5 Å². The van der Waals surface area contributed by atoms with Crippen molar-refractivity contribution >= 4 is 17.2 Å². The van der Waals surface area contributed by atoms with Crippen LogP contribution in [0.1, 0.15) is 30.3 Å². The SMILES string of the molecule is C[C@H]1C[C@@H]2C[C@@H]2N1C(=O)c1ncsc1-c1ccccc1F. The quantitative estimate of drug-likeness (QED) is 0.849. The monoisotopic (exact) mass is 302 g/mol. The summed E-state index contributed by atoms with van der Waals surface area (Å²) in [6.07, 6.45) is 2.19. The van der Waals surface area contributed by atoms with Crippen molar-refractivity contribution in [3.8, 4) is 10.4 Å². The average Bonchev–Trinajstić information content (AvgIpc) is 2.93. The second-order valence-electron chi connectivity index (χ2n) is 5.87. The third-order valence-corrected chi connectivity index (χ3v) is 5.34. The number of carbonyl (C=O) groups is 1. The number of piperidine rings is 1. The first-order chi connectivity index (χ1) is 10.2. The van der Waals surface area contributed by atoms with Gasteiger partial charge in [0.2, 0.25) is 0 Å². The van der Waals surface area contributed by atoms with Crippen LogP contribution >= 0.6 is 11.3 Å². The number of thiazole rings is 1. The summed E-state index contributed by atoms with van der Waals surface area (Å²) in [4.78, 5) is 19.6. The van der Waals surface area contributed by atoms with Gasteiger partial charge >= 0.3 is 0 Å². The highest BCUT2D eigenvalue weighted by molar-refractivity contribution is 7.13. The molecule has 108 valence electrons. The van der Waals surface area contributed by atoms with Crippen molar-refractivity contribution in [1.29, 1.82) is 0 Å². The van der Waals surface area contributed by atoms with Crippen molar-refractivity contribution < 1.29 is 9.18 Å². The standard InChI is InChI=1S/C16H15FN2OS/c1-9-6-10-7-13(10)19(9)16(20)14-15(21-8-18-14)11-4-2-3-5-12(11)17/h2-5,8-10,13H,6-7H2,1H3/t9-,10+,13-/m0/s1. The van der Waals surface area contributed by atoms with Gasteiger partial charge in [-0.1, -0.05) is 18.2 Å². The van der Waals surface area contributed by atoms with E-state index in [-0.39, 0.29) is 17.8 Å². The van der Waals surface area contributed by atoms with E-state index < -0.39 is 0 Å². The molecule has 21 heavy (non-hydrogen) atoms.